The number of fused-ring (bicyclic) bond motifs is 4. The minimum atomic E-state index is -0.504. The number of benzene rings is 1. The Bertz CT molecular complexity index is 776. The van der Waals surface area contributed by atoms with Gasteiger partial charge in [-0.15, -0.1) is 6.58 Å². The number of aromatic nitrogens is 1. The van der Waals surface area contributed by atoms with Crippen molar-refractivity contribution in [1.82, 2.24) is 9.88 Å². The molecular formula is C21H26N2O2. The van der Waals surface area contributed by atoms with E-state index in [1.807, 2.05) is 31.2 Å². The Kier molecular flexibility index (Phi) is 4.48. The molecule has 5 atom stereocenters. The number of nitrogens with zero attached hydrogens (tertiary/aromatic N) is 2. The zero-order chi connectivity index (χ0) is 17.4. The maximum absolute atomic E-state index is 11.2. The van der Waals surface area contributed by atoms with Crippen molar-refractivity contribution >= 4 is 10.9 Å². The van der Waals surface area contributed by atoms with Crippen LogP contribution in [-0.2, 0) is 0 Å². The van der Waals surface area contributed by atoms with Crippen LogP contribution < -0.4 is 4.74 Å². The smallest absolute Gasteiger partial charge is 0.120 e. The highest BCUT2D eigenvalue weighted by molar-refractivity contribution is 5.84. The van der Waals surface area contributed by atoms with E-state index in [9.17, 15) is 5.11 Å². The summed E-state index contributed by atoms with van der Waals surface area (Å²) in [5.41, 5.74) is 1.86. The summed E-state index contributed by atoms with van der Waals surface area (Å²) >= 11 is 0. The molecule has 25 heavy (non-hydrogen) atoms. The molecule has 2 aromatic rings. The zero-order valence-electron chi connectivity index (χ0n) is 14.8. The number of pyridine rings is 1. The molecule has 5 rings (SSSR count). The molecule has 0 spiro atoms. The van der Waals surface area contributed by atoms with Crippen molar-refractivity contribution in [2.75, 3.05) is 19.7 Å². The van der Waals surface area contributed by atoms with Crippen molar-refractivity contribution in [2.24, 2.45) is 11.8 Å². The third-order valence-electron chi connectivity index (χ3n) is 5.89. The Labute approximate surface area is 149 Å². The minimum absolute atomic E-state index is 0.177. The molecule has 1 aromatic heterocycles. The first-order valence-corrected chi connectivity index (χ1v) is 9.27. The average molecular weight is 338 g/mol. The van der Waals surface area contributed by atoms with Crippen LogP contribution in [-0.4, -0.2) is 40.7 Å². The van der Waals surface area contributed by atoms with Gasteiger partial charge in [0.25, 0.3) is 0 Å². The summed E-state index contributed by atoms with van der Waals surface area (Å²) in [5.74, 6) is 2.04. The minimum Gasteiger partial charge on any atom is -0.494 e. The second-order valence-corrected chi connectivity index (χ2v) is 7.20. The molecule has 4 nitrogen and oxygen atoms in total. The molecule has 3 saturated heterocycles. The lowest BCUT2D eigenvalue weighted by Crippen LogP contribution is -2.54. The molecule has 4 heteroatoms. The van der Waals surface area contributed by atoms with E-state index in [-0.39, 0.29) is 6.04 Å². The standard InChI is InChI=1S/C21H26N2O2/c1-3-14-13-23-10-8-15(14)11-20(23)21(24)17-7-9-22-19-6-5-16(25-4-2)12-18(17)19/h3,5-7,9,12,14-15,20-21,24H,1,4,8,10-11,13H2,2H3/t14?,15?,20?,21-/m0/s1. The number of piperidine rings is 3. The molecule has 2 bridgehead atoms. The number of hydrogen-bond acceptors (Lipinski definition) is 4. The highest BCUT2D eigenvalue weighted by Crippen LogP contribution is 2.42. The summed E-state index contributed by atoms with van der Waals surface area (Å²) < 4.78 is 5.64. The molecular weight excluding hydrogens is 312 g/mol. The van der Waals surface area contributed by atoms with Gasteiger partial charge in [0.05, 0.1) is 18.2 Å². The number of aliphatic hydroxyl groups is 1. The molecule has 4 unspecified atom stereocenters. The number of ether oxygens (including phenoxy) is 1. The van der Waals surface area contributed by atoms with Crippen molar-refractivity contribution in [3.63, 3.8) is 0 Å². The molecule has 3 fully saturated rings. The summed E-state index contributed by atoms with van der Waals surface area (Å²) in [6.07, 6.45) is 5.63. The van der Waals surface area contributed by atoms with Gasteiger partial charge in [-0.25, -0.2) is 0 Å². The van der Waals surface area contributed by atoms with Crippen LogP contribution in [0, 0.1) is 11.8 Å². The Morgan fingerprint density at radius 1 is 1.44 bits per heavy atom. The van der Waals surface area contributed by atoms with E-state index in [1.165, 1.54) is 6.42 Å². The third kappa shape index (κ3) is 2.94. The first kappa shape index (κ1) is 16.6. The quantitative estimate of drug-likeness (QED) is 0.847. The highest BCUT2D eigenvalue weighted by Gasteiger charge is 2.42. The topological polar surface area (TPSA) is 45.6 Å². The summed E-state index contributed by atoms with van der Waals surface area (Å²) in [5, 5.41) is 12.2. The Morgan fingerprint density at radius 3 is 3.04 bits per heavy atom. The monoisotopic (exact) mass is 338 g/mol. The van der Waals surface area contributed by atoms with Crippen LogP contribution in [0.4, 0.5) is 0 Å². The van der Waals surface area contributed by atoms with Gasteiger partial charge in [-0.2, -0.15) is 0 Å². The number of hydrogen-bond donors (Lipinski definition) is 1. The predicted octanol–water partition coefficient (Wildman–Crippen LogP) is 3.56. The van der Waals surface area contributed by atoms with E-state index >= 15 is 0 Å². The van der Waals surface area contributed by atoms with Crippen molar-refractivity contribution in [3.8, 4) is 5.75 Å². The van der Waals surface area contributed by atoms with Crippen LogP contribution in [0.3, 0.4) is 0 Å². The van der Waals surface area contributed by atoms with Crippen molar-refractivity contribution < 1.29 is 9.84 Å². The number of rotatable bonds is 5. The predicted molar refractivity (Wildman–Crippen MR) is 99.6 cm³/mol. The lowest BCUT2D eigenvalue weighted by atomic mass is 9.73. The fourth-order valence-corrected chi connectivity index (χ4v) is 4.57. The van der Waals surface area contributed by atoms with Crippen LogP contribution >= 0.6 is 0 Å². The Morgan fingerprint density at radius 2 is 2.32 bits per heavy atom. The van der Waals surface area contributed by atoms with E-state index in [1.54, 1.807) is 6.20 Å². The summed E-state index contributed by atoms with van der Waals surface area (Å²) in [6.45, 7) is 8.69. The third-order valence-corrected chi connectivity index (χ3v) is 5.89. The number of aliphatic hydroxyl groups excluding tert-OH is 1. The Hall–Kier alpha value is -1.91. The molecule has 1 aromatic carbocycles. The lowest BCUT2D eigenvalue weighted by Gasteiger charge is -2.50. The molecule has 0 radical (unpaired) electrons. The van der Waals surface area contributed by atoms with Gasteiger partial charge in [0, 0.05) is 24.2 Å². The first-order valence-electron chi connectivity index (χ1n) is 9.27. The zero-order valence-corrected chi connectivity index (χ0v) is 14.8. The summed E-state index contributed by atoms with van der Waals surface area (Å²) in [4.78, 5) is 6.89. The van der Waals surface area contributed by atoms with E-state index in [4.69, 9.17) is 4.74 Å². The molecule has 3 aliphatic heterocycles. The van der Waals surface area contributed by atoms with Crippen molar-refractivity contribution in [2.45, 2.75) is 31.9 Å². The van der Waals surface area contributed by atoms with E-state index < -0.39 is 6.10 Å². The van der Waals surface area contributed by atoms with Gasteiger partial charge in [0.15, 0.2) is 0 Å². The normalized spacial score (nSPS) is 29.5. The van der Waals surface area contributed by atoms with Crippen molar-refractivity contribution in [3.05, 3.63) is 48.7 Å². The van der Waals surface area contributed by atoms with Gasteiger partial charge in [0.2, 0.25) is 0 Å². The maximum Gasteiger partial charge on any atom is 0.120 e. The van der Waals surface area contributed by atoms with E-state index in [0.717, 1.165) is 41.7 Å². The highest BCUT2D eigenvalue weighted by atomic mass is 16.5. The molecule has 3 aliphatic rings. The molecule has 0 amide bonds. The van der Waals surface area contributed by atoms with Crippen LogP contribution in [0.2, 0.25) is 0 Å². The van der Waals surface area contributed by atoms with E-state index in [0.29, 0.717) is 18.4 Å². The van der Waals surface area contributed by atoms with Crippen LogP contribution in [0.15, 0.2) is 43.1 Å². The average Bonchev–Trinajstić information content (AvgIpc) is 2.67. The first-order chi connectivity index (χ1) is 12.2. The maximum atomic E-state index is 11.2. The largest absolute Gasteiger partial charge is 0.494 e. The fourth-order valence-electron chi connectivity index (χ4n) is 4.57. The molecule has 0 aliphatic carbocycles. The van der Waals surface area contributed by atoms with Gasteiger partial charge in [-0.3, -0.25) is 9.88 Å². The molecule has 132 valence electrons. The van der Waals surface area contributed by atoms with Crippen LogP contribution in [0.5, 0.6) is 5.75 Å². The SMILES string of the molecule is C=CC1CN2CCC1CC2[C@@H](O)c1ccnc2ccc(OCC)cc12. The molecule has 4 heterocycles. The molecule has 0 saturated carbocycles. The van der Waals surface area contributed by atoms with Gasteiger partial charge < -0.3 is 9.84 Å². The summed E-state index contributed by atoms with van der Waals surface area (Å²) in [7, 11) is 0. The van der Waals surface area contributed by atoms with Crippen LogP contribution in [0.25, 0.3) is 10.9 Å². The van der Waals surface area contributed by atoms with Gasteiger partial charge in [0.1, 0.15) is 5.75 Å². The van der Waals surface area contributed by atoms with Crippen molar-refractivity contribution in [1.29, 1.82) is 0 Å². The Balaban J connectivity index is 1.67. The second kappa shape index (κ2) is 6.77. The van der Waals surface area contributed by atoms with Gasteiger partial charge in [-0.1, -0.05) is 6.08 Å². The second-order valence-electron chi connectivity index (χ2n) is 7.20. The lowest BCUT2D eigenvalue weighted by molar-refractivity contribution is -0.0444. The van der Waals surface area contributed by atoms with E-state index in [2.05, 4.69) is 22.5 Å². The van der Waals surface area contributed by atoms with Gasteiger partial charge >= 0.3 is 0 Å². The summed E-state index contributed by atoms with van der Waals surface area (Å²) in [6, 6.07) is 8.05. The van der Waals surface area contributed by atoms with Crippen LogP contribution in [0.1, 0.15) is 31.4 Å². The van der Waals surface area contributed by atoms with Gasteiger partial charge in [-0.05, 0) is 68.0 Å². The fraction of sp³-hybridized carbons (Fsp3) is 0.476. The molecule has 1 N–H and O–H groups in total.